The summed E-state index contributed by atoms with van der Waals surface area (Å²) in [6.45, 7) is 2.19. The number of rotatable bonds is 5. The van der Waals surface area contributed by atoms with Crippen molar-refractivity contribution in [2.24, 2.45) is 0 Å². The van der Waals surface area contributed by atoms with E-state index < -0.39 is 0 Å². The molecular weight excluding hydrogens is 272 g/mol. The molecule has 84 valence electrons. The first-order valence-electron chi connectivity index (χ1n) is 4.97. The molecule has 1 aromatic carbocycles. The number of halogens is 1. The van der Waals surface area contributed by atoms with Gasteiger partial charge in [0.25, 0.3) is 0 Å². The van der Waals surface area contributed by atoms with E-state index in [1.54, 1.807) is 0 Å². The van der Waals surface area contributed by atoms with E-state index in [1.165, 1.54) is 0 Å². The number of hydrogen-bond acceptors (Lipinski definition) is 3. The first-order valence-corrected chi connectivity index (χ1v) is 7.16. The Kier molecular flexibility index (Phi) is 5.32. The molecule has 1 atom stereocenters. The van der Waals surface area contributed by atoms with Crippen molar-refractivity contribution in [3.8, 4) is 0 Å². The number of thioether (sulfide) groups is 1. The van der Waals surface area contributed by atoms with Gasteiger partial charge in [0, 0.05) is 27.6 Å². The van der Waals surface area contributed by atoms with Crippen molar-refractivity contribution in [2.45, 2.75) is 19.4 Å². The van der Waals surface area contributed by atoms with Gasteiger partial charge in [0.2, 0.25) is 0 Å². The molecule has 1 rings (SSSR count). The SMILES string of the molecule is CCC(CSC)Nc1ccc(N)cc1Br. The van der Waals surface area contributed by atoms with Crippen LogP contribution >= 0.6 is 27.7 Å². The van der Waals surface area contributed by atoms with Crippen molar-refractivity contribution in [1.82, 2.24) is 0 Å². The lowest BCUT2D eigenvalue weighted by Gasteiger charge is -2.18. The molecule has 0 heterocycles. The van der Waals surface area contributed by atoms with Gasteiger partial charge >= 0.3 is 0 Å². The molecule has 0 spiro atoms. The van der Waals surface area contributed by atoms with Crippen molar-refractivity contribution in [3.63, 3.8) is 0 Å². The standard InChI is InChI=1S/C11H17BrN2S/c1-3-9(7-15-2)14-11-5-4-8(13)6-10(11)12/h4-6,9,14H,3,7,13H2,1-2H3. The second-order valence-corrected chi connectivity index (χ2v) is 5.21. The van der Waals surface area contributed by atoms with Crippen LogP contribution in [0.3, 0.4) is 0 Å². The first-order chi connectivity index (χ1) is 7.17. The van der Waals surface area contributed by atoms with E-state index in [4.69, 9.17) is 5.73 Å². The van der Waals surface area contributed by atoms with Crippen LogP contribution in [0.25, 0.3) is 0 Å². The van der Waals surface area contributed by atoms with E-state index in [2.05, 4.69) is 34.4 Å². The quantitative estimate of drug-likeness (QED) is 0.814. The van der Waals surface area contributed by atoms with Crippen LogP contribution in [0.15, 0.2) is 22.7 Å². The van der Waals surface area contributed by atoms with Gasteiger partial charge in [-0.1, -0.05) is 6.92 Å². The van der Waals surface area contributed by atoms with Gasteiger partial charge < -0.3 is 11.1 Å². The van der Waals surface area contributed by atoms with Gasteiger partial charge in [0.1, 0.15) is 0 Å². The van der Waals surface area contributed by atoms with Crippen molar-refractivity contribution in [1.29, 1.82) is 0 Å². The number of nitrogen functional groups attached to an aromatic ring is 1. The van der Waals surface area contributed by atoms with E-state index >= 15 is 0 Å². The van der Waals surface area contributed by atoms with Crippen molar-refractivity contribution >= 4 is 39.1 Å². The van der Waals surface area contributed by atoms with Crippen molar-refractivity contribution in [3.05, 3.63) is 22.7 Å². The lowest BCUT2D eigenvalue weighted by molar-refractivity contribution is 0.774. The summed E-state index contributed by atoms with van der Waals surface area (Å²) in [5.74, 6) is 1.12. The van der Waals surface area contributed by atoms with Gasteiger partial charge in [-0.3, -0.25) is 0 Å². The van der Waals surface area contributed by atoms with Gasteiger partial charge in [-0.05, 0) is 46.8 Å². The Bertz CT molecular complexity index is 317. The summed E-state index contributed by atoms with van der Waals surface area (Å²) in [5, 5.41) is 3.50. The fraction of sp³-hybridized carbons (Fsp3) is 0.455. The molecule has 1 unspecified atom stereocenters. The lowest BCUT2D eigenvalue weighted by Crippen LogP contribution is -2.21. The zero-order valence-corrected chi connectivity index (χ0v) is 11.5. The van der Waals surface area contributed by atoms with Gasteiger partial charge in [0.05, 0.1) is 0 Å². The van der Waals surface area contributed by atoms with E-state index in [0.717, 1.165) is 28.0 Å². The molecule has 0 fully saturated rings. The summed E-state index contributed by atoms with van der Waals surface area (Å²) in [7, 11) is 0. The molecule has 0 saturated heterocycles. The van der Waals surface area contributed by atoms with Crippen LogP contribution in [-0.4, -0.2) is 18.1 Å². The minimum Gasteiger partial charge on any atom is -0.399 e. The summed E-state index contributed by atoms with van der Waals surface area (Å²) < 4.78 is 1.03. The number of nitrogens with one attached hydrogen (secondary N) is 1. The number of anilines is 2. The molecule has 0 aliphatic carbocycles. The minimum atomic E-state index is 0.514. The Morgan fingerprint density at radius 1 is 1.53 bits per heavy atom. The summed E-state index contributed by atoms with van der Waals surface area (Å²) in [6.07, 6.45) is 3.25. The zero-order valence-electron chi connectivity index (χ0n) is 9.09. The van der Waals surface area contributed by atoms with Crippen molar-refractivity contribution < 1.29 is 0 Å². The van der Waals surface area contributed by atoms with Crippen LogP contribution in [0, 0.1) is 0 Å². The van der Waals surface area contributed by atoms with Gasteiger partial charge in [-0.15, -0.1) is 0 Å². The molecular formula is C11H17BrN2S. The maximum Gasteiger partial charge on any atom is 0.0488 e. The monoisotopic (exact) mass is 288 g/mol. The summed E-state index contributed by atoms with van der Waals surface area (Å²) in [6, 6.07) is 6.37. The topological polar surface area (TPSA) is 38.0 Å². The van der Waals surface area contributed by atoms with Crippen LogP contribution in [0.4, 0.5) is 11.4 Å². The van der Waals surface area contributed by atoms with Crippen LogP contribution in [-0.2, 0) is 0 Å². The predicted molar refractivity (Wildman–Crippen MR) is 74.6 cm³/mol. The molecule has 15 heavy (non-hydrogen) atoms. The largest absolute Gasteiger partial charge is 0.399 e. The van der Waals surface area contributed by atoms with Crippen LogP contribution in [0.1, 0.15) is 13.3 Å². The van der Waals surface area contributed by atoms with E-state index in [0.29, 0.717) is 6.04 Å². The summed E-state index contributed by atoms with van der Waals surface area (Å²) in [4.78, 5) is 0. The fourth-order valence-electron chi connectivity index (χ4n) is 1.33. The molecule has 0 amide bonds. The third kappa shape index (κ3) is 3.95. The molecule has 0 aliphatic rings. The highest BCUT2D eigenvalue weighted by Crippen LogP contribution is 2.26. The average Bonchev–Trinajstić information content (AvgIpc) is 2.21. The zero-order chi connectivity index (χ0) is 11.3. The molecule has 3 N–H and O–H groups in total. The summed E-state index contributed by atoms with van der Waals surface area (Å²) in [5.41, 5.74) is 7.59. The molecule has 2 nitrogen and oxygen atoms in total. The Morgan fingerprint density at radius 3 is 2.80 bits per heavy atom. The number of nitrogens with two attached hydrogens (primary N) is 1. The molecule has 0 aromatic heterocycles. The Balaban J connectivity index is 2.70. The van der Waals surface area contributed by atoms with E-state index in [9.17, 15) is 0 Å². The Morgan fingerprint density at radius 2 is 2.27 bits per heavy atom. The lowest BCUT2D eigenvalue weighted by atomic mass is 10.2. The van der Waals surface area contributed by atoms with Gasteiger partial charge in [0.15, 0.2) is 0 Å². The molecule has 1 aromatic rings. The second-order valence-electron chi connectivity index (χ2n) is 3.44. The maximum absolute atomic E-state index is 5.69. The highest BCUT2D eigenvalue weighted by atomic mass is 79.9. The smallest absolute Gasteiger partial charge is 0.0488 e. The molecule has 0 saturated carbocycles. The van der Waals surface area contributed by atoms with Crippen LogP contribution < -0.4 is 11.1 Å². The normalized spacial score (nSPS) is 12.5. The Hall–Kier alpha value is -0.350. The van der Waals surface area contributed by atoms with Crippen molar-refractivity contribution in [2.75, 3.05) is 23.1 Å². The molecule has 0 bridgehead atoms. The van der Waals surface area contributed by atoms with Gasteiger partial charge in [-0.25, -0.2) is 0 Å². The minimum absolute atomic E-state index is 0.514. The molecule has 4 heteroatoms. The van der Waals surface area contributed by atoms with Crippen LogP contribution in [0.5, 0.6) is 0 Å². The predicted octanol–water partition coefficient (Wildman–Crippen LogP) is 3.58. The number of hydrogen-bond donors (Lipinski definition) is 2. The first kappa shape index (κ1) is 12.7. The van der Waals surface area contributed by atoms with Gasteiger partial charge in [-0.2, -0.15) is 11.8 Å². The molecule has 0 radical (unpaired) electrons. The average molecular weight is 289 g/mol. The number of benzene rings is 1. The summed E-state index contributed by atoms with van der Waals surface area (Å²) >= 11 is 5.37. The van der Waals surface area contributed by atoms with E-state index in [1.807, 2.05) is 30.0 Å². The Labute approximate surface area is 104 Å². The highest BCUT2D eigenvalue weighted by molar-refractivity contribution is 9.10. The maximum atomic E-state index is 5.69. The van der Waals surface area contributed by atoms with E-state index in [-0.39, 0.29) is 0 Å². The second kappa shape index (κ2) is 6.28. The highest BCUT2D eigenvalue weighted by Gasteiger charge is 2.07. The van der Waals surface area contributed by atoms with Crippen LogP contribution in [0.2, 0.25) is 0 Å². The third-order valence-corrected chi connectivity index (χ3v) is 3.61. The fourth-order valence-corrected chi connectivity index (χ4v) is 2.56. The molecule has 0 aliphatic heterocycles. The third-order valence-electron chi connectivity index (χ3n) is 2.21.